The molecule has 0 unspecified atom stereocenters. The van der Waals surface area contributed by atoms with Gasteiger partial charge in [0.25, 0.3) is 0 Å². The van der Waals surface area contributed by atoms with Crippen molar-refractivity contribution >= 4 is 17.3 Å². The molecule has 1 fully saturated rings. The first-order chi connectivity index (χ1) is 15.9. The molecule has 2 atom stereocenters. The van der Waals surface area contributed by atoms with E-state index in [2.05, 4.69) is 51.3 Å². The lowest BCUT2D eigenvalue weighted by atomic mass is 10.0. The molecule has 2 aromatic rings. The number of anilines is 3. The molecular weight excluding hydrogens is 424 g/mol. The average Bonchev–Trinajstić information content (AvgIpc) is 2.81. The summed E-state index contributed by atoms with van der Waals surface area (Å²) in [5, 5.41) is 6.56. The van der Waals surface area contributed by atoms with Gasteiger partial charge < -0.3 is 21.3 Å². The molecule has 4 N–H and O–H groups in total. The number of nitrogens with one attached hydrogen (secondary N) is 2. The molecule has 9 heteroatoms. The van der Waals surface area contributed by atoms with Gasteiger partial charge in [-0.15, -0.1) is 0 Å². The Morgan fingerprint density at radius 3 is 2.67 bits per heavy atom. The highest BCUT2D eigenvalue weighted by molar-refractivity contribution is 5.78. The zero-order valence-corrected chi connectivity index (χ0v) is 19.3. The minimum atomic E-state index is -0.523. The monoisotopic (exact) mass is 455 g/mol. The van der Waals surface area contributed by atoms with Crippen LogP contribution in [0.3, 0.4) is 0 Å². The van der Waals surface area contributed by atoms with Gasteiger partial charge in [-0.2, -0.15) is 0 Å². The minimum Gasteiger partial charge on any atom is -0.387 e. The molecule has 0 spiro atoms. The van der Waals surface area contributed by atoms with E-state index in [-0.39, 0.29) is 11.8 Å². The minimum absolute atomic E-state index is 0.0864. The van der Waals surface area contributed by atoms with Gasteiger partial charge in [-0.25, -0.2) is 18.7 Å². The summed E-state index contributed by atoms with van der Waals surface area (Å²) in [6, 6.07) is 5.58. The van der Waals surface area contributed by atoms with Gasteiger partial charge in [0, 0.05) is 56.2 Å². The van der Waals surface area contributed by atoms with Crippen molar-refractivity contribution in [2.75, 3.05) is 55.9 Å². The Morgan fingerprint density at radius 2 is 1.97 bits per heavy atom. The van der Waals surface area contributed by atoms with E-state index >= 15 is 4.39 Å². The van der Waals surface area contributed by atoms with Crippen molar-refractivity contribution in [3.63, 3.8) is 0 Å². The fraction of sp³-hybridized carbons (Fsp3) is 0.417. The van der Waals surface area contributed by atoms with Gasteiger partial charge in [-0.1, -0.05) is 6.08 Å². The second kappa shape index (κ2) is 9.74. The molecule has 3 heterocycles. The predicted octanol–water partition coefficient (Wildman–Crippen LogP) is 3.19. The van der Waals surface area contributed by atoms with E-state index in [0.29, 0.717) is 42.0 Å². The van der Waals surface area contributed by atoms with Crippen LogP contribution >= 0.6 is 0 Å². The van der Waals surface area contributed by atoms with Crippen molar-refractivity contribution in [3.8, 4) is 11.3 Å². The number of benzene rings is 1. The summed E-state index contributed by atoms with van der Waals surface area (Å²) in [6.07, 6.45) is 5.19. The van der Waals surface area contributed by atoms with Crippen molar-refractivity contribution in [3.05, 3.63) is 53.6 Å². The first kappa shape index (κ1) is 23.0. The Balaban J connectivity index is 1.71. The van der Waals surface area contributed by atoms with Gasteiger partial charge in [0.15, 0.2) is 0 Å². The first-order valence-electron chi connectivity index (χ1n) is 11.2. The number of nitrogen functional groups attached to an aromatic ring is 1. The zero-order chi connectivity index (χ0) is 23.5. The largest absolute Gasteiger partial charge is 0.387 e. The Morgan fingerprint density at radius 1 is 1.21 bits per heavy atom. The number of nitrogens with two attached hydrogens (primary N) is 1. The van der Waals surface area contributed by atoms with Gasteiger partial charge in [-0.3, -0.25) is 4.90 Å². The Hall–Kier alpha value is -3.20. The van der Waals surface area contributed by atoms with Gasteiger partial charge >= 0.3 is 0 Å². The molecule has 1 aromatic heterocycles. The molecule has 176 valence electrons. The lowest BCUT2D eigenvalue weighted by Crippen LogP contribution is -2.55. The number of aromatic nitrogens is 2. The second-order valence-corrected chi connectivity index (χ2v) is 8.71. The maximum Gasteiger partial charge on any atom is 0.220 e. The Labute approximate surface area is 193 Å². The number of rotatable bonds is 6. The van der Waals surface area contributed by atoms with Gasteiger partial charge in [0.1, 0.15) is 12.5 Å². The topological polar surface area (TPSA) is 82.3 Å². The summed E-state index contributed by atoms with van der Waals surface area (Å²) >= 11 is 0. The van der Waals surface area contributed by atoms with Crippen LogP contribution in [0.25, 0.3) is 11.3 Å². The number of likely N-dealkylation sites (N-methyl/N-ethyl adjacent to an activating group) is 1. The van der Waals surface area contributed by atoms with Gasteiger partial charge in [0.05, 0.1) is 17.1 Å². The summed E-state index contributed by atoms with van der Waals surface area (Å²) in [6.45, 7) is 6.38. The summed E-state index contributed by atoms with van der Waals surface area (Å²) in [5.74, 6) is -0.292. The SMILES string of the molecule is C[C@@H]1CN(c2cc(F)c(-c3ccnc(N)n3)cc2NCC2=CNCC=C2CF)C[C@H](C)N1C. The molecule has 0 amide bonds. The van der Waals surface area contributed by atoms with Crippen LogP contribution in [-0.4, -0.2) is 66.9 Å². The molecule has 7 nitrogen and oxygen atoms in total. The maximum atomic E-state index is 15.3. The van der Waals surface area contributed by atoms with E-state index in [1.165, 1.54) is 6.20 Å². The van der Waals surface area contributed by atoms with Crippen LogP contribution in [-0.2, 0) is 0 Å². The molecule has 33 heavy (non-hydrogen) atoms. The average molecular weight is 456 g/mol. The second-order valence-electron chi connectivity index (χ2n) is 8.71. The first-order valence-corrected chi connectivity index (χ1v) is 11.2. The van der Waals surface area contributed by atoms with Gasteiger partial charge in [-0.05, 0) is 50.2 Å². The number of alkyl halides is 1. The van der Waals surface area contributed by atoms with Crippen LogP contribution in [0, 0.1) is 5.82 Å². The van der Waals surface area contributed by atoms with Crippen molar-refractivity contribution in [1.82, 2.24) is 20.2 Å². The van der Waals surface area contributed by atoms with E-state index < -0.39 is 6.67 Å². The van der Waals surface area contributed by atoms with E-state index in [9.17, 15) is 4.39 Å². The molecule has 0 bridgehead atoms. The van der Waals surface area contributed by atoms with Crippen molar-refractivity contribution < 1.29 is 8.78 Å². The predicted molar refractivity (Wildman–Crippen MR) is 129 cm³/mol. The van der Waals surface area contributed by atoms with Crippen LogP contribution in [0.1, 0.15) is 13.8 Å². The lowest BCUT2D eigenvalue weighted by Gasteiger charge is -2.44. The number of piperazine rings is 1. The highest BCUT2D eigenvalue weighted by Gasteiger charge is 2.29. The maximum absolute atomic E-state index is 15.3. The molecule has 2 aliphatic heterocycles. The molecular formula is C24H31F2N7. The summed E-state index contributed by atoms with van der Waals surface area (Å²) < 4.78 is 28.8. The number of hydrogen-bond acceptors (Lipinski definition) is 7. The number of nitrogens with zero attached hydrogens (tertiary/aromatic N) is 4. The fourth-order valence-electron chi connectivity index (χ4n) is 4.37. The normalized spacial score (nSPS) is 21.3. The third-order valence-electron chi connectivity index (χ3n) is 6.50. The van der Waals surface area contributed by atoms with Crippen LogP contribution in [0.4, 0.5) is 26.1 Å². The van der Waals surface area contributed by atoms with E-state index in [1.54, 1.807) is 18.2 Å². The van der Waals surface area contributed by atoms with Crippen molar-refractivity contribution in [2.45, 2.75) is 25.9 Å². The smallest absolute Gasteiger partial charge is 0.220 e. The van der Waals surface area contributed by atoms with Crippen LogP contribution in [0.5, 0.6) is 0 Å². The highest BCUT2D eigenvalue weighted by Crippen LogP contribution is 2.35. The number of halogens is 2. The molecule has 0 aliphatic carbocycles. The third kappa shape index (κ3) is 4.93. The Kier molecular flexibility index (Phi) is 6.78. The molecule has 0 radical (unpaired) electrons. The number of hydrogen-bond donors (Lipinski definition) is 3. The summed E-state index contributed by atoms with van der Waals surface area (Å²) in [7, 11) is 2.11. The van der Waals surface area contributed by atoms with Crippen LogP contribution in [0.15, 0.2) is 47.8 Å². The Bertz CT molecular complexity index is 1060. The van der Waals surface area contributed by atoms with E-state index in [0.717, 1.165) is 30.0 Å². The standard InChI is InChI=1S/C24H31F2N7/c1-15-13-33(14-16(2)32(15)3)23-9-20(26)19(21-5-7-29-24(27)31-21)8-22(23)30-12-18-11-28-6-4-17(18)10-25/h4-5,7-9,11,15-16,28,30H,6,10,12-14H2,1-3H3,(H2,27,29,31)/t15-,16+. The van der Waals surface area contributed by atoms with Crippen LogP contribution in [0.2, 0.25) is 0 Å². The molecule has 4 rings (SSSR count). The summed E-state index contributed by atoms with van der Waals surface area (Å²) in [5.41, 5.74) is 9.52. The molecule has 1 aromatic carbocycles. The fourth-order valence-corrected chi connectivity index (χ4v) is 4.37. The third-order valence-corrected chi connectivity index (χ3v) is 6.50. The van der Waals surface area contributed by atoms with Gasteiger partial charge in [0.2, 0.25) is 5.95 Å². The quantitative estimate of drug-likeness (QED) is 0.617. The molecule has 1 saturated heterocycles. The van der Waals surface area contributed by atoms with E-state index in [1.807, 2.05) is 12.3 Å². The van der Waals surface area contributed by atoms with Crippen molar-refractivity contribution in [2.24, 2.45) is 0 Å². The van der Waals surface area contributed by atoms with E-state index in [4.69, 9.17) is 5.73 Å². The van der Waals surface area contributed by atoms with Crippen LogP contribution < -0.4 is 21.3 Å². The molecule has 2 aliphatic rings. The van der Waals surface area contributed by atoms with Crippen molar-refractivity contribution in [1.29, 1.82) is 0 Å². The number of dihydropyridines is 1. The zero-order valence-electron chi connectivity index (χ0n) is 19.3. The lowest BCUT2D eigenvalue weighted by molar-refractivity contribution is 0.170. The summed E-state index contributed by atoms with van der Waals surface area (Å²) in [4.78, 5) is 12.6. The molecule has 0 saturated carbocycles. The highest BCUT2D eigenvalue weighted by atomic mass is 19.1.